The van der Waals surface area contributed by atoms with Crippen molar-refractivity contribution >= 4 is 11.6 Å². The topological polar surface area (TPSA) is 63.8 Å². The van der Waals surface area contributed by atoms with Crippen LogP contribution in [-0.2, 0) is 5.41 Å². The van der Waals surface area contributed by atoms with E-state index in [0.29, 0.717) is 11.9 Å². The fourth-order valence-electron chi connectivity index (χ4n) is 3.27. The molecule has 1 aromatic heterocycles. The van der Waals surface area contributed by atoms with Gasteiger partial charge in [0.25, 0.3) is 0 Å². The number of nitrogen functional groups attached to an aromatic ring is 1. The smallest absolute Gasteiger partial charge is 0.138 e. The standard InChI is InChI=1S/C17H30N4/c1-10-7-11(2)9-13(8-10)19-15-12(3)14(18)20-16(21-15)17(4,5)6/h10-11,13H,7-9H2,1-6H3,(H3,18,19,20,21). The maximum absolute atomic E-state index is 6.09. The van der Waals surface area contributed by atoms with Crippen molar-refractivity contribution in [2.24, 2.45) is 11.8 Å². The van der Waals surface area contributed by atoms with Crippen LogP contribution >= 0.6 is 0 Å². The van der Waals surface area contributed by atoms with E-state index < -0.39 is 0 Å². The summed E-state index contributed by atoms with van der Waals surface area (Å²) in [7, 11) is 0. The van der Waals surface area contributed by atoms with Gasteiger partial charge in [-0.1, -0.05) is 34.6 Å². The Labute approximate surface area is 128 Å². The summed E-state index contributed by atoms with van der Waals surface area (Å²) in [5.41, 5.74) is 6.96. The summed E-state index contributed by atoms with van der Waals surface area (Å²) in [5.74, 6) is 3.86. The van der Waals surface area contributed by atoms with E-state index in [2.05, 4.69) is 44.9 Å². The maximum atomic E-state index is 6.09. The predicted octanol–water partition coefficient (Wildman–Crippen LogP) is 3.90. The monoisotopic (exact) mass is 290 g/mol. The summed E-state index contributed by atoms with van der Waals surface area (Å²) in [4.78, 5) is 9.20. The Bertz CT molecular complexity index is 494. The molecular weight excluding hydrogens is 260 g/mol. The van der Waals surface area contributed by atoms with Crippen molar-refractivity contribution < 1.29 is 0 Å². The Hall–Kier alpha value is -1.32. The highest BCUT2D eigenvalue weighted by Gasteiger charge is 2.26. The Morgan fingerprint density at radius 2 is 1.62 bits per heavy atom. The van der Waals surface area contributed by atoms with Gasteiger partial charge in [0.05, 0.1) is 0 Å². The van der Waals surface area contributed by atoms with Crippen LogP contribution in [0, 0.1) is 18.8 Å². The van der Waals surface area contributed by atoms with Crippen LogP contribution in [0.25, 0.3) is 0 Å². The Balaban J connectivity index is 2.25. The van der Waals surface area contributed by atoms with Crippen molar-refractivity contribution in [3.63, 3.8) is 0 Å². The summed E-state index contributed by atoms with van der Waals surface area (Å²) < 4.78 is 0. The number of aromatic nitrogens is 2. The minimum absolute atomic E-state index is 0.0919. The molecule has 1 fully saturated rings. The first-order valence-electron chi connectivity index (χ1n) is 8.08. The molecule has 1 aliphatic carbocycles. The van der Waals surface area contributed by atoms with Crippen molar-refractivity contribution in [3.05, 3.63) is 11.4 Å². The first kappa shape index (κ1) is 16.1. The SMILES string of the molecule is Cc1c(N)nc(C(C)(C)C)nc1NC1CC(C)CC(C)C1. The van der Waals surface area contributed by atoms with Crippen LogP contribution in [-0.4, -0.2) is 16.0 Å². The number of rotatable bonds is 2. The number of hydrogen-bond acceptors (Lipinski definition) is 4. The lowest BCUT2D eigenvalue weighted by molar-refractivity contribution is 0.280. The van der Waals surface area contributed by atoms with Gasteiger partial charge in [0.2, 0.25) is 0 Å². The van der Waals surface area contributed by atoms with Crippen LogP contribution in [0.2, 0.25) is 0 Å². The highest BCUT2D eigenvalue weighted by atomic mass is 15.1. The van der Waals surface area contributed by atoms with Crippen molar-refractivity contribution in [2.45, 2.75) is 72.3 Å². The van der Waals surface area contributed by atoms with E-state index in [-0.39, 0.29) is 5.41 Å². The van der Waals surface area contributed by atoms with Crippen molar-refractivity contribution in [3.8, 4) is 0 Å². The van der Waals surface area contributed by atoms with E-state index in [0.717, 1.165) is 29.0 Å². The molecule has 21 heavy (non-hydrogen) atoms. The molecule has 2 atom stereocenters. The second kappa shape index (κ2) is 5.82. The molecule has 3 N–H and O–H groups in total. The number of nitrogens with two attached hydrogens (primary N) is 1. The van der Waals surface area contributed by atoms with E-state index in [1.165, 1.54) is 19.3 Å². The van der Waals surface area contributed by atoms with Gasteiger partial charge in [0.1, 0.15) is 17.5 Å². The van der Waals surface area contributed by atoms with E-state index >= 15 is 0 Å². The molecule has 1 aromatic rings. The Morgan fingerprint density at radius 3 is 2.14 bits per heavy atom. The number of anilines is 2. The average molecular weight is 290 g/mol. The zero-order chi connectivity index (χ0) is 15.8. The molecule has 4 heteroatoms. The largest absolute Gasteiger partial charge is 0.383 e. The highest BCUT2D eigenvalue weighted by molar-refractivity contribution is 5.55. The summed E-state index contributed by atoms with van der Waals surface area (Å²) in [6, 6.07) is 0.490. The molecule has 2 rings (SSSR count). The van der Waals surface area contributed by atoms with Crippen LogP contribution in [0.1, 0.15) is 65.3 Å². The van der Waals surface area contributed by atoms with Crippen molar-refractivity contribution in [2.75, 3.05) is 11.1 Å². The zero-order valence-corrected chi connectivity index (χ0v) is 14.3. The number of hydrogen-bond donors (Lipinski definition) is 2. The van der Waals surface area contributed by atoms with E-state index in [1.54, 1.807) is 0 Å². The molecule has 0 radical (unpaired) electrons. The molecule has 2 unspecified atom stereocenters. The molecule has 0 saturated heterocycles. The summed E-state index contributed by atoms with van der Waals surface area (Å²) in [6.07, 6.45) is 3.74. The van der Waals surface area contributed by atoms with Crippen LogP contribution in [0.15, 0.2) is 0 Å². The van der Waals surface area contributed by atoms with Gasteiger partial charge in [-0.25, -0.2) is 9.97 Å². The zero-order valence-electron chi connectivity index (χ0n) is 14.3. The number of nitrogens with one attached hydrogen (secondary N) is 1. The quantitative estimate of drug-likeness (QED) is 0.867. The van der Waals surface area contributed by atoms with Gasteiger partial charge in [-0.2, -0.15) is 0 Å². The van der Waals surface area contributed by atoms with Crippen LogP contribution < -0.4 is 11.1 Å². The van der Waals surface area contributed by atoms with Gasteiger partial charge in [0, 0.05) is 17.0 Å². The van der Waals surface area contributed by atoms with Gasteiger partial charge < -0.3 is 11.1 Å². The van der Waals surface area contributed by atoms with Crippen LogP contribution in [0.3, 0.4) is 0 Å². The normalized spacial score (nSPS) is 26.7. The molecule has 1 aliphatic rings. The van der Waals surface area contributed by atoms with Gasteiger partial charge in [-0.15, -0.1) is 0 Å². The summed E-state index contributed by atoms with van der Waals surface area (Å²) in [5, 5.41) is 3.63. The minimum atomic E-state index is -0.0919. The van der Waals surface area contributed by atoms with E-state index in [4.69, 9.17) is 10.7 Å². The third-order valence-electron chi connectivity index (χ3n) is 4.37. The lowest BCUT2D eigenvalue weighted by Gasteiger charge is -2.33. The molecule has 0 spiro atoms. The van der Waals surface area contributed by atoms with Gasteiger partial charge in [0.15, 0.2) is 0 Å². The summed E-state index contributed by atoms with van der Waals surface area (Å²) in [6.45, 7) is 13.0. The third kappa shape index (κ3) is 3.86. The minimum Gasteiger partial charge on any atom is -0.383 e. The molecular formula is C17H30N4. The maximum Gasteiger partial charge on any atom is 0.138 e. The second-order valence-electron chi connectivity index (χ2n) is 7.91. The van der Waals surface area contributed by atoms with Crippen LogP contribution in [0.5, 0.6) is 0 Å². The fourth-order valence-corrected chi connectivity index (χ4v) is 3.27. The lowest BCUT2D eigenvalue weighted by atomic mass is 9.80. The molecule has 0 bridgehead atoms. The first-order valence-corrected chi connectivity index (χ1v) is 8.08. The molecule has 0 amide bonds. The molecule has 0 aliphatic heterocycles. The highest BCUT2D eigenvalue weighted by Crippen LogP contribution is 2.32. The number of nitrogens with zero attached hydrogens (tertiary/aromatic N) is 2. The third-order valence-corrected chi connectivity index (χ3v) is 4.37. The molecule has 118 valence electrons. The second-order valence-corrected chi connectivity index (χ2v) is 7.91. The van der Waals surface area contributed by atoms with E-state index in [1.807, 2.05) is 6.92 Å². The first-order chi connectivity index (χ1) is 9.66. The summed E-state index contributed by atoms with van der Waals surface area (Å²) >= 11 is 0. The van der Waals surface area contributed by atoms with Gasteiger partial charge >= 0.3 is 0 Å². The van der Waals surface area contributed by atoms with Gasteiger partial charge in [-0.3, -0.25) is 0 Å². The lowest BCUT2D eigenvalue weighted by Crippen LogP contribution is -2.31. The average Bonchev–Trinajstić information content (AvgIpc) is 2.32. The van der Waals surface area contributed by atoms with E-state index in [9.17, 15) is 0 Å². The Morgan fingerprint density at radius 1 is 1.05 bits per heavy atom. The van der Waals surface area contributed by atoms with Crippen LogP contribution in [0.4, 0.5) is 11.6 Å². The molecule has 1 heterocycles. The molecule has 1 saturated carbocycles. The predicted molar refractivity (Wildman–Crippen MR) is 89.5 cm³/mol. The van der Waals surface area contributed by atoms with Crippen molar-refractivity contribution in [1.82, 2.24) is 9.97 Å². The van der Waals surface area contributed by atoms with Crippen molar-refractivity contribution in [1.29, 1.82) is 0 Å². The molecule has 0 aromatic carbocycles. The molecule has 4 nitrogen and oxygen atoms in total. The Kier molecular flexibility index (Phi) is 4.45. The fraction of sp³-hybridized carbons (Fsp3) is 0.765. The van der Waals surface area contributed by atoms with Gasteiger partial charge in [-0.05, 0) is 38.0 Å².